The summed E-state index contributed by atoms with van der Waals surface area (Å²) in [5, 5.41) is 2.78. The van der Waals surface area contributed by atoms with Gasteiger partial charge in [-0.15, -0.1) is 0 Å². The lowest BCUT2D eigenvalue weighted by Crippen LogP contribution is -2.41. The molecule has 2 aromatic rings. The van der Waals surface area contributed by atoms with Gasteiger partial charge in [0, 0.05) is 18.7 Å². The van der Waals surface area contributed by atoms with Crippen LogP contribution >= 0.6 is 0 Å². The lowest BCUT2D eigenvalue weighted by Gasteiger charge is -2.32. The largest absolute Gasteiger partial charge is 0.482 e. The first-order valence-electron chi connectivity index (χ1n) is 9.57. The zero-order valence-electron chi connectivity index (χ0n) is 16.7. The van der Waals surface area contributed by atoms with Crippen LogP contribution in [0.15, 0.2) is 42.6 Å². The van der Waals surface area contributed by atoms with E-state index in [-0.39, 0.29) is 24.3 Å². The van der Waals surface area contributed by atoms with Gasteiger partial charge in [-0.3, -0.25) is 9.59 Å². The number of aromatic nitrogens is 1. The predicted octanol–water partition coefficient (Wildman–Crippen LogP) is 1.59. The van der Waals surface area contributed by atoms with Crippen LogP contribution in [0.4, 0.5) is 11.5 Å². The van der Waals surface area contributed by atoms with Crippen LogP contribution < -0.4 is 20.7 Å². The molecular weight excluding hydrogens is 388 g/mol. The first-order valence-corrected chi connectivity index (χ1v) is 9.57. The molecule has 0 bridgehead atoms. The Morgan fingerprint density at radius 2 is 2.10 bits per heavy atom. The van der Waals surface area contributed by atoms with Gasteiger partial charge in [-0.2, -0.15) is 0 Å². The van der Waals surface area contributed by atoms with Crippen LogP contribution in [0, 0.1) is 5.92 Å². The van der Waals surface area contributed by atoms with Gasteiger partial charge in [-0.25, -0.2) is 9.78 Å². The summed E-state index contributed by atoms with van der Waals surface area (Å²) in [5.74, 6) is -0.186. The molecule has 1 fully saturated rings. The molecule has 1 aromatic carbocycles. The smallest absolute Gasteiger partial charge is 0.343 e. The molecule has 30 heavy (non-hydrogen) atoms. The van der Waals surface area contributed by atoms with Gasteiger partial charge in [-0.05, 0) is 43.2 Å². The zero-order valence-corrected chi connectivity index (χ0v) is 16.7. The van der Waals surface area contributed by atoms with Crippen molar-refractivity contribution in [3.8, 4) is 5.75 Å². The Kier molecular flexibility index (Phi) is 6.84. The fourth-order valence-electron chi connectivity index (χ4n) is 3.20. The van der Waals surface area contributed by atoms with Gasteiger partial charge in [0.1, 0.15) is 11.6 Å². The normalized spacial score (nSPS) is 15.9. The second-order valence-corrected chi connectivity index (χ2v) is 6.94. The van der Waals surface area contributed by atoms with E-state index < -0.39 is 5.97 Å². The lowest BCUT2D eigenvalue weighted by atomic mass is 9.97. The summed E-state index contributed by atoms with van der Waals surface area (Å²) >= 11 is 0. The van der Waals surface area contributed by atoms with E-state index >= 15 is 0 Å². The molecule has 1 unspecified atom stereocenters. The van der Waals surface area contributed by atoms with Crippen molar-refractivity contribution in [1.29, 1.82) is 0 Å². The highest BCUT2D eigenvalue weighted by Gasteiger charge is 2.24. The van der Waals surface area contributed by atoms with Crippen molar-refractivity contribution < 1.29 is 23.9 Å². The first kappa shape index (κ1) is 21.1. The standard InChI is InChI=1S/C21H24N4O5/c1-29-19(26)13-30-17-6-2-4-14(10-17)21(28)24-16-7-8-18(23-11-16)25-9-3-5-15(12-25)20(22)27/h2,4,6-8,10-11,15H,3,5,9,12-13H2,1H3,(H2,22,27)(H,24,28). The average molecular weight is 412 g/mol. The maximum atomic E-state index is 12.5. The van der Waals surface area contributed by atoms with Crippen molar-refractivity contribution in [2.45, 2.75) is 12.8 Å². The van der Waals surface area contributed by atoms with Crippen LogP contribution in [-0.2, 0) is 14.3 Å². The number of piperidine rings is 1. The molecule has 1 atom stereocenters. The highest BCUT2D eigenvalue weighted by molar-refractivity contribution is 6.04. The number of pyridine rings is 1. The number of primary amides is 1. The fourth-order valence-corrected chi connectivity index (χ4v) is 3.20. The summed E-state index contributed by atoms with van der Waals surface area (Å²) in [6.07, 6.45) is 3.24. The zero-order chi connectivity index (χ0) is 21.5. The first-order chi connectivity index (χ1) is 14.5. The van der Waals surface area contributed by atoms with Gasteiger partial charge in [0.2, 0.25) is 5.91 Å². The number of nitrogens with one attached hydrogen (secondary N) is 1. The summed E-state index contributed by atoms with van der Waals surface area (Å²) in [6, 6.07) is 10.0. The number of nitrogens with two attached hydrogens (primary N) is 1. The lowest BCUT2D eigenvalue weighted by molar-refractivity contribution is -0.142. The number of carbonyl (C=O) groups excluding carboxylic acids is 3. The van der Waals surface area contributed by atoms with E-state index in [0.29, 0.717) is 23.5 Å². The van der Waals surface area contributed by atoms with E-state index in [4.69, 9.17) is 10.5 Å². The van der Waals surface area contributed by atoms with E-state index in [1.807, 2.05) is 4.90 Å². The van der Waals surface area contributed by atoms with E-state index in [1.165, 1.54) is 13.2 Å². The third kappa shape index (κ3) is 5.47. The average Bonchev–Trinajstić information content (AvgIpc) is 2.78. The van der Waals surface area contributed by atoms with Crippen molar-refractivity contribution in [2.75, 3.05) is 37.0 Å². The molecule has 1 aliphatic heterocycles. The number of anilines is 2. The molecule has 0 aliphatic carbocycles. The molecule has 0 saturated carbocycles. The number of esters is 1. The topological polar surface area (TPSA) is 124 Å². The molecule has 9 heteroatoms. The number of nitrogens with zero attached hydrogens (tertiary/aromatic N) is 2. The maximum Gasteiger partial charge on any atom is 0.343 e. The second kappa shape index (κ2) is 9.73. The van der Waals surface area contributed by atoms with E-state index in [9.17, 15) is 14.4 Å². The van der Waals surface area contributed by atoms with Crippen LogP contribution in [0.2, 0.25) is 0 Å². The SMILES string of the molecule is COC(=O)COc1cccc(C(=O)Nc2ccc(N3CCCC(C(N)=O)C3)nc2)c1. The summed E-state index contributed by atoms with van der Waals surface area (Å²) in [4.78, 5) is 41.6. The summed E-state index contributed by atoms with van der Waals surface area (Å²) in [7, 11) is 1.27. The highest BCUT2D eigenvalue weighted by Crippen LogP contribution is 2.23. The van der Waals surface area contributed by atoms with Crippen LogP contribution in [-0.4, -0.2) is 49.6 Å². The molecule has 1 aromatic heterocycles. The van der Waals surface area contributed by atoms with Crippen molar-refractivity contribution in [3.05, 3.63) is 48.2 Å². The van der Waals surface area contributed by atoms with Crippen molar-refractivity contribution in [3.63, 3.8) is 0 Å². The van der Waals surface area contributed by atoms with Crippen LogP contribution in [0.1, 0.15) is 23.2 Å². The Morgan fingerprint density at radius 1 is 1.27 bits per heavy atom. The molecule has 1 aliphatic rings. The molecule has 158 valence electrons. The third-order valence-electron chi connectivity index (χ3n) is 4.83. The van der Waals surface area contributed by atoms with Crippen LogP contribution in [0.3, 0.4) is 0 Å². The minimum Gasteiger partial charge on any atom is -0.482 e. The van der Waals surface area contributed by atoms with E-state index in [1.54, 1.807) is 36.5 Å². The van der Waals surface area contributed by atoms with E-state index in [0.717, 1.165) is 25.2 Å². The summed E-state index contributed by atoms with van der Waals surface area (Å²) in [6.45, 7) is 1.12. The molecule has 0 radical (unpaired) electrons. The number of carbonyl (C=O) groups is 3. The van der Waals surface area contributed by atoms with Gasteiger partial charge in [0.25, 0.3) is 5.91 Å². The van der Waals surface area contributed by atoms with Crippen molar-refractivity contribution in [2.24, 2.45) is 11.7 Å². The van der Waals surface area contributed by atoms with Crippen molar-refractivity contribution in [1.82, 2.24) is 4.98 Å². The summed E-state index contributed by atoms with van der Waals surface area (Å²) in [5.41, 5.74) is 6.34. The number of ether oxygens (including phenoxy) is 2. The number of rotatable bonds is 7. The monoisotopic (exact) mass is 412 g/mol. The highest BCUT2D eigenvalue weighted by atomic mass is 16.6. The van der Waals surface area contributed by atoms with Crippen LogP contribution in [0.5, 0.6) is 5.75 Å². The molecular formula is C21H24N4O5. The number of amides is 2. The summed E-state index contributed by atoms with van der Waals surface area (Å²) < 4.78 is 9.83. The minimum absolute atomic E-state index is 0.173. The van der Waals surface area contributed by atoms with Gasteiger partial charge in [-0.1, -0.05) is 6.07 Å². The Balaban J connectivity index is 1.61. The molecule has 0 spiro atoms. The number of hydrogen-bond acceptors (Lipinski definition) is 7. The van der Waals surface area contributed by atoms with E-state index in [2.05, 4.69) is 15.0 Å². The van der Waals surface area contributed by atoms with Crippen LogP contribution in [0.25, 0.3) is 0 Å². The fraction of sp³-hybridized carbons (Fsp3) is 0.333. The molecule has 1 saturated heterocycles. The Labute approximate surface area is 174 Å². The molecule has 3 rings (SSSR count). The predicted molar refractivity (Wildman–Crippen MR) is 110 cm³/mol. The van der Waals surface area contributed by atoms with Gasteiger partial charge in [0.05, 0.1) is 24.9 Å². The van der Waals surface area contributed by atoms with Crippen molar-refractivity contribution >= 4 is 29.3 Å². The van der Waals surface area contributed by atoms with Gasteiger partial charge >= 0.3 is 5.97 Å². The molecule has 9 nitrogen and oxygen atoms in total. The molecule has 2 heterocycles. The molecule has 2 amide bonds. The Hall–Kier alpha value is -3.62. The number of benzene rings is 1. The number of hydrogen-bond donors (Lipinski definition) is 2. The quantitative estimate of drug-likeness (QED) is 0.662. The third-order valence-corrected chi connectivity index (χ3v) is 4.83. The number of methoxy groups -OCH3 is 1. The minimum atomic E-state index is -0.508. The maximum absolute atomic E-state index is 12.5. The van der Waals surface area contributed by atoms with Gasteiger partial charge in [0.15, 0.2) is 6.61 Å². The second-order valence-electron chi connectivity index (χ2n) is 6.94. The van der Waals surface area contributed by atoms with Gasteiger partial charge < -0.3 is 25.4 Å². The molecule has 3 N–H and O–H groups in total. The Morgan fingerprint density at radius 3 is 2.80 bits per heavy atom. The Bertz CT molecular complexity index is 916.